The molecule has 0 saturated heterocycles. The standard InChI is InChI=1S/C24H33NO3/c1-3-4-8-16-25(17-9-10-18-27-21(2)26)23-14-11-15-24(19-23)28-20-22-12-6-5-7-13-22/h5-7,11-15,19H,3-4,8-10,16-18,20H2,1-2H3. The van der Waals surface area contributed by atoms with Gasteiger partial charge < -0.3 is 14.4 Å². The van der Waals surface area contributed by atoms with Gasteiger partial charge in [0.05, 0.1) is 6.61 Å². The number of hydrogen-bond acceptors (Lipinski definition) is 4. The molecule has 0 fully saturated rings. The van der Waals surface area contributed by atoms with Gasteiger partial charge in [0.25, 0.3) is 0 Å². The van der Waals surface area contributed by atoms with Gasteiger partial charge in [-0.25, -0.2) is 0 Å². The molecule has 2 aromatic carbocycles. The highest BCUT2D eigenvalue weighted by Gasteiger charge is 2.08. The molecule has 0 N–H and O–H groups in total. The van der Waals surface area contributed by atoms with Crippen LogP contribution in [0.3, 0.4) is 0 Å². The van der Waals surface area contributed by atoms with Crippen LogP contribution in [0, 0.1) is 0 Å². The van der Waals surface area contributed by atoms with E-state index in [0.717, 1.165) is 37.2 Å². The molecule has 0 aromatic heterocycles. The lowest BCUT2D eigenvalue weighted by Gasteiger charge is -2.25. The van der Waals surface area contributed by atoms with Crippen LogP contribution in [0.2, 0.25) is 0 Å². The van der Waals surface area contributed by atoms with Gasteiger partial charge in [-0.2, -0.15) is 0 Å². The summed E-state index contributed by atoms with van der Waals surface area (Å²) in [6.45, 7) is 6.73. The molecule has 0 aliphatic heterocycles. The minimum Gasteiger partial charge on any atom is -0.489 e. The summed E-state index contributed by atoms with van der Waals surface area (Å²) >= 11 is 0. The normalized spacial score (nSPS) is 10.5. The van der Waals surface area contributed by atoms with Crippen LogP contribution in [0.25, 0.3) is 0 Å². The van der Waals surface area contributed by atoms with Crippen molar-refractivity contribution in [1.82, 2.24) is 0 Å². The maximum Gasteiger partial charge on any atom is 0.302 e. The Morgan fingerprint density at radius 1 is 0.929 bits per heavy atom. The van der Waals surface area contributed by atoms with E-state index in [0.29, 0.717) is 13.2 Å². The molecule has 0 saturated carbocycles. The molecule has 28 heavy (non-hydrogen) atoms. The lowest BCUT2D eigenvalue weighted by atomic mass is 10.2. The quantitative estimate of drug-likeness (QED) is 0.333. The predicted molar refractivity (Wildman–Crippen MR) is 115 cm³/mol. The van der Waals surface area contributed by atoms with Crippen molar-refractivity contribution >= 4 is 11.7 Å². The highest BCUT2D eigenvalue weighted by Crippen LogP contribution is 2.23. The number of carbonyl (C=O) groups is 1. The molecule has 0 unspecified atom stereocenters. The van der Waals surface area contributed by atoms with Gasteiger partial charge in [0.2, 0.25) is 0 Å². The molecular weight excluding hydrogens is 350 g/mol. The average molecular weight is 384 g/mol. The molecule has 2 rings (SSSR count). The van der Waals surface area contributed by atoms with Crippen molar-refractivity contribution < 1.29 is 14.3 Å². The topological polar surface area (TPSA) is 38.8 Å². The number of nitrogens with zero attached hydrogens (tertiary/aromatic N) is 1. The number of hydrogen-bond donors (Lipinski definition) is 0. The van der Waals surface area contributed by atoms with Crippen LogP contribution in [0.4, 0.5) is 5.69 Å². The van der Waals surface area contributed by atoms with E-state index in [4.69, 9.17) is 9.47 Å². The van der Waals surface area contributed by atoms with E-state index >= 15 is 0 Å². The van der Waals surface area contributed by atoms with Gasteiger partial charge in [0, 0.05) is 31.8 Å². The van der Waals surface area contributed by atoms with Crippen LogP contribution in [0.15, 0.2) is 54.6 Å². The van der Waals surface area contributed by atoms with Crippen molar-refractivity contribution in [2.75, 3.05) is 24.6 Å². The van der Waals surface area contributed by atoms with Crippen molar-refractivity contribution in [3.63, 3.8) is 0 Å². The van der Waals surface area contributed by atoms with Crippen molar-refractivity contribution in [2.24, 2.45) is 0 Å². The largest absolute Gasteiger partial charge is 0.489 e. The van der Waals surface area contributed by atoms with Crippen LogP contribution in [0.1, 0.15) is 51.5 Å². The fourth-order valence-electron chi connectivity index (χ4n) is 3.05. The van der Waals surface area contributed by atoms with Crippen LogP contribution in [-0.4, -0.2) is 25.7 Å². The number of esters is 1. The highest BCUT2D eigenvalue weighted by atomic mass is 16.5. The Hall–Kier alpha value is -2.49. The van der Waals surface area contributed by atoms with Crippen molar-refractivity contribution in [2.45, 2.75) is 52.6 Å². The van der Waals surface area contributed by atoms with E-state index in [2.05, 4.69) is 42.2 Å². The van der Waals surface area contributed by atoms with Crippen LogP contribution in [0.5, 0.6) is 5.75 Å². The number of unbranched alkanes of at least 4 members (excludes halogenated alkanes) is 3. The van der Waals surface area contributed by atoms with Crippen LogP contribution < -0.4 is 9.64 Å². The lowest BCUT2D eigenvalue weighted by molar-refractivity contribution is -0.141. The van der Waals surface area contributed by atoms with Crippen LogP contribution in [-0.2, 0) is 16.1 Å². The molecule has 0 amide bonds. The SMILES string of the molecule is CCCCCN(CCCCOC(C)=O)c1cccc(OCc2ccccc2)c1. The zero-order valence-corrected chi connectivity index (χ0v) is 17.2. The van der Waals surface area contributed by atoms with Crippen molar-refractivity contribution in [3.05, 3.63) is 60.2 Å². The van der Waals surface area contributed by atoms with Crippen molar-refractivity contribution in [3.8, 4) is 5.75 Å². The molecule has 4 heteroatoms. The summed E-state index contributed by atoms with van der Waals surface area (Å²) < 4.78 is 11.0. The van der Waals surface area contributed by atoms with Gasteiger partial charge in [-0.05, 0) is 37.0 Å². The average Bonchev–Trinajstić information content (AvgIpc) is 2.71. The summed E-state index contributed by atoms with van der Waals surface area (Å²) in [7, 11) is 0. The summed E-state index contributed by atoms with van der Waals surface area (Å²) in [5.74, 6) is 0.685. The predicted octanol–water partition coefficient (Wildman–Crippen LogP) is 5.61. The first-order valence-corrected chi connectivity index (χ1v) is 10.3. The third-order valence-corrected chi connectivity index (χ3v) is 4.59. The van der Waals surface area contributed by atoms with E-state index in [9.17, 15) is 4.79 Å². The van der Waals surface area contributed by atoms with Crippen LogP contribution >= 0.6 is 0 Å². The molecule has 4 nitrogen and oxygen atoms in total. The summed E-state index contributed by atoms with van der Waals surface area (Å²) in [5, 5.41) is 0. The second-order valence-corrected chi connectivity index (χ2v) is 7.01. The Bertz CT molecular complexity index is 687. The number of ether oxygens (including phenoxy) is 2. The second kappa shape index (κ2) is 12.8. The number of carbonyl (C=O) groups excluding carboxylic acids is 1. The maximum atomic E-state index is 10.9. The van der Waals surface area contributed by atoms with Gasteiger partial charge in [0.15, 0.2) is 0 Å². The Balaban J connectivity index is 1.93. The van der Waals surface area contributed by atoms with Gasteiger partial charge in [-0.1, -0.05) is 56.2 Å². The number of anilines is 1. The summed E-state index contributed by atoms with van der Waals surface area (Å²) in [6, 6.07) is 18.6. The first-order chi connectivity index (χ1) is 13.7. The van der Waals surface area contributed by atoms with Gasteiger partial charge >= 0.3 is 5.97 Å². The molecule has 0 atom stereocenters. The molecular formula is C24H33NO3. The first kappa shape index (κ1) is 21.8. The number of rotatable bonds is 13. The van der Waals surface area contributed by atoms with E-state index in [1.54, 1.807) is 0 Å². The Kier molecular flexibility index (Phi) is 9.98. The van der Waals surface area contributed by atoms with Gasteiger partial charge in [0.1, 0.15) is 12.4 Å². The smallest absolute Gasteiger partial charge is 0.302 e. The molecule has 0 bridgehead atoms. The highest BCUT2D eigenvalue weighted by molar-refractivity contribution is 5.65. The minimum atomic E-state index is -0.205. The Morgan fingerprint density at radius 3 is 2.39 bits per heavy atom. The molecule has 0 heterocycles. The molecule has 0 aliphatic carbocycles. The second-order valence-electron chi connectivity index (χ2n) is 7.01. The Labute approximate surface area is 169 Å². The summed E-state index contributed by atoms with van der Waals surface area (Å²) in [5.41, 5.74) is 2.35. The molecule has 2 aromatic rings. The maximum absolute atomic E-state index is 10.9. The first-order valence-electron chi connectivity index (χ1n) is 10.3. The fourth-order valence-corrected chi connectivity index (χ4v) is 3.05. The van der Waals surface area contributed by atoms with E-state index < -0.39 is 0 Å². The van der Waals surface area contributed by atoms with E-state index in [1.807, 2.05) is 24.3 Å². The summed E-state index contributed by atoms with van der Waals surface area (Å²) in [6.07, 6.45) is 5.49. The summed E-state index contributed by atoms with van der Waals surface area (Å²) in [4.78, 5) is 13.3. The molecule has 0 aliphatic rings. The third-order valence-electron chi connectivity index (χ3n) is 4.59. The lowest BCUT2D eigenvalue weighted by Crippen LogP contribution is -2.26. The van der Waals surface area contributed by atoms with E-state index in [1.165, 1.54) is 31.9 Å². The molecule has 0 radical (unpaired) electrons. The minimum absolute atomic E-state index is 0.205. The van der Waals surface area contributed by atoms with Gasteiger partial charge in [-0.3, -0.25) is 4.79 Å². The third kappa shape index (κ3) is 8.47. The van der Waals surface area contributed by atoms with Crippen molar-refractivity contribution in [1.29, 1.82) is 0 Å². The zero-order valence-electron chi connectivity index (χ0n) is 17.2. The molecule has 152 valence electrons. The fraction of sp³-hybridized carbons (Fsp3) is 0.458. The van der Waals surface area contributed by atoms with E-state index in [-0.39, 0.29) is 5.97 Å². The number of benzene rings is 2. The monoisotopic (exact) mass is 383 g/mol. The Morgan fingerprint density at radius 2 is 1.68 bits per heavy atom. The zero-order chi connectivity index (χ0) is 20.0. The van der Waals surface area contributed by atoms with Gasteiger partial charge in [-0.15, -0.1) is 0 Å². The molecule has 0 spiro atoms.